The molecule has 3 atom stereocenters. The molecule has 0 bridgehead atoms. The van der Waals surface area contributed by atoms with Gasteiger partial charge in [0.25, 0.3) is 0 Å². The highest BCUT2D eigenvalue weighted by atomic mass is 16.2. The van der Waals surface area contributed by atoms with Gasteiger partial charge in [-0.25, -0.2) is 0 Å². The quantitative estimate of drug-likeness (QED) is 0.571. The van der Waals surface area contributed by atoms with Crippen LogP contribution >= 0.6 is 0 Å². The van der Waals surface area contributed by atoms with Crippen LogP contribution < -0.4 is 0 Å². The Labute approximate surface area is 115 Å². The van der Waals surface area contributed by atoms with Crippen LogP contribution in [0.2, 0.25) is 0 Å². The van der Waals surface area contributed by atoms with Gasteiger partial charge in [-0.05, 0) is 46.3 Å². The summed E-state index contributed by atoms with van der Waals surface area (Å²) in [4.78, 5) is 28.4. The third kappa shape index (κ3) is 2.73. The second kappa shape index (κ2) is 5.45. The van der Waals surface area contributed by atoms with Gasteiger partial charge in [0.15, 0.2) is 0 Å². The molecule has 1 heterocycles. The van der Waals surface area contributed by atoms with Crippen molar-refractivity contribution in [3.05, 3.63) is 11.6 Å². The maximum Gasteiger partial charge on any atom is 0.233 e. The molecule has 106 valence electrons. The van der Waals surface area contributed by atoms with Crippen molar-refractivity contribution in [3.63, 3.8) is 0 Å². The van der Waals surface area contributed by atoms with Gasteiger partial charge < -0.3 is 4.90 Å². The molecule has 0 spiro atoms. The summed E-state index contributed by atoms with van der Waals surface area (Å²) >= 11 is 0. The van der Waals surface area contributed by atoms with E-state index >= 15 is 0 Å². The van der Waals surface area contributed by atoms with Crippen LogP contribution in [0.1, 0.15) is 26.7 Å². The fourth-order valence-electron chi connectivity index (χ4n) is 3.35. The average molecular weight is 264 g/mol. The first-order valence-electron chi connectivity index (χ1n) is 7.09. The highest BCUT2D eigenvalue weighted by Crippen LogP contribution is 2.40. The van der Waals surface area contributed by atoms with Crippen molar-refractivity contribution >= 4 is 11.8 Å². The average Bonchev–Trinajstić information content (AvgIpc) is 2.53. The number of carbonyl (C=O) groups is 2. The van der Waals surface area contributed by atoms with Crippen LogP contribution in [-0.4, -0.2) is 48.8 Å². The van der Waals surface area contributed by atoms with E-state index < -0.39 is 0 Å². The zero-order valence-corrected chi connectivity index (χ0v) is 12.3. The second-order valence-electron chi connectivity index (χ2n) is 6.19. The maximum absolute atomic E-state index is 12.4. The molecule has 2 amide bonds. The van der Waals surface area contributed by atoms with E-state index in [4.69, 9.17) is 0 Å². The third-order valence-corrected chi connectivity index (χ3v) is 4.21. The maximum atomic E-state index is 12.4. The van der Waals surface area contributed by atoms with Crippen molar-refractivity contribution in [2.24, 2.45) is 17.8 Å². The van der Waals surface area contributed by atoms with Crippen LogP contribution in [0, 0.1) is 17.8 Å². The lowest BCUT2D eigenvalue weighted by Crippen LogP contribution is -2.34. The molecule has 0 N–H and O–H groups in total. The predicted octanol–water partition coefficient (Wildman–Crippen LogP) is 1.53. The van der Waals surface area contributed by atoms with Crippen molar-refractivity contribution in [1.29, 1.82) is 0 Å². The highest BCUT2D eigenvalue weighted by Gasteiger charge is 2.50. The molecular weight excluding hydrogens is 240 g/mol. The Bertz CT molecular complexity index is 414. The Balaban J connectivity index is 2.06. The first kappa shape index (κ1) is 14.3. The van der Waals surface area contributed by atoms with Crippen molar-refractivity contribution in [2.45, 2.75) is 26.7 Å². The van der Waals surface area contributed by atoms with Gasteiger partial charge in [-0.3, -0.25) is 14.5 Å². The van der Waals surface area contributed by atoms with Crippen molar-refractivity contribution < 1.29 is 9.59 Å². The first-order valence-corrected chi connectivity index (χ1v) is 7.09. The lowest BCUT2D eigenvalue weighted by atomic mass is 9.76. The minimum absolute atomic E-state index is 0.0463. The summed E-state index contributed by atoms with van der Waals surface area (Å²) < 4.78 is 0. The van der Waals surface area contributed by atoms with Crippen molar-refractivity contribution in [1.82, 2.24) is 9.80 Å². The van der Waals surface area contributed by atoms with Crippen molar-refractivity contribution in [2.75, 3.05) is 27.2 Å². The lowest BCUT2D eigenvalue weighted by Gasteiger charge is -2.25. The van der Waals surface area contributed by atoms with Gasteiger partial charge >= 0.3 is 0 Å². The van der Waals surface area contributed by atoms with Gasteiger partial charge in [0.05, 0.1) is 11.8 Å². The smallest absolute Gasteiger partial charge is 0.233 e. The van der Waals surface area contributed by atoms with E-state index in [1.165, 1.54) is 10.5 Å². The van der Waals surface area contributed by atoms with Crippen LogP contribution in [0.15, 0.2) is 11.6 Å². The normalized spacial score (nSPS) is 30.9. The fourth-order valence-corrected chi connectivity index (χ4v) is 3.35. The van der Waals surface area contributed by atoms with Crippen LogP contribution in [0.3, 0.4) is 0 Å². The molecule has 4 heteroatoms. The number of carbonyl (C=O) groups excluding carboxylic acids is 2. The second-order valence-corrected chi connectivity index (χ2v) is 6.19. The molecular formula is C15H24N2O2. The number of rotatable bonds is 4. The summed E-state index contributed by atoms with van der Waals surface area (Å²) in [5, 5.41) is 0. The molecule has 19 heavy (non-hydrogen) atoms. The first-order chi connectivity index (χ1) is 8.91. The largest absolute Gasteiger partial charge is 0.309 e. The number of nitrogens with zero attached hydrogens (tertiary/aromatic N) is 2. The van der Waals surface area contributed by atoms with Crippen molar-refractivity contribution in [3.8, 4) is 0 Å². The Morgan fingerprint density at radius 2 is 2.00 bits per heavy atom. The number of fused-ring (bicyclic) bond motifs is 1. The molecule has 0 aromatic heterocycles. The molecule has 2 rings (SSSR count). The number of likely N-dealkylation sites (tertiary alicyclic amines) is 1. The summed E-state index contributed by atoms with van der Waals surface area (Å²) in [6, 6.07) is 0. The summed E-state index contributed by atoms with van der Waals surface area (Å²) in [5.74, 6) is 0.0644. The molecule has 1 saturated heterocycles. The number of allylic oxidation sites excluding steroid dienone is 2. The van der Waals surface area contributed by atoms with Gasteiger partial charge in [-0.1, -0.05) is 18.6 Å². The third-order valence-electron chi connectivity index (χ3n) is 4.21. The van der Waals surface area contributed by atoms with E-state index in [0.29, 0.717) is 6.54 Å². The molecule has 1 fully saturated rings. The standard InChI is InChI=1S/C15H24N2O2/c1-10-8-11(2)13-12(9-10)14(18)17(15(13)19)7-5-6-16(3)4/h8,11-13H,5-7,9H2,1-4H3/t11-,12-,13-/m1/s1. The summed E-state index contributed by atoms with van der Waals surface area (Å²) in [6.45, 7) is 5.57. The van der Waals surface area contributed by atoms with Crippen LogP contribution in [-0.2, 0) is 9.59 Å². The molecule has 1 aliphatic carbocycles. The number of amides is 2. The topological polar surface area (TPSA) is 40.6 Å². The SMILES string of the molecule is CC1=C[C@@H](C)[C@H]2C(=O)N(CCCN(C)C)C(=O)[C@@H]2C1. The Morgan fingerprint density at radius 1 is 1.32 bits per heavy atom. The van der Waals surface area contributed by atoms with E-state index in [9.17, 15) is 9.59 Å². The van der Waals surface area contributed by atoms with Crippen LogP contribution in [0.5, 0.6) is 0 Å². The van der Waals surface area contributed by atoms with E-state index in [0.717, 1.165) is 19.4 Å². The molecule has 0 aromatic carbocycles. The number of imide groups is 1. The molecule has 0 saturated carbocycles. The van der Waals surface area contributed by atoms with E-state index in [1.54, 1.807) is 0 Å². The molecule has 4 nitrogen and oxygen atoms in total. The Hall–Kier alpha value is -1.16. The Kier molecular flexibility index (Phi) is 4.09. The minimum atomic E-state index is -0.115. The molecule has 0 unspecified atom stereocenters. The minimum Gasteiger partial charge on any atom is -0.309 e. The molecule has 2 aliphatic rings. The zero-order valence-electron chi connectivity index (χ0n) is 12.3. The summed E-state index contributed by atoms with van der Waals surface area (Å²) in [6.07, 6.45) is 3.75. The molecule has 0 radical (unpaired) electrons. The lowest BCUT2D eigenvalue weighted by molar-refractivity contribution is -0.140. The van der Waals surface area contributed by atoms with Gasteiger partial charge in [0.1, 0.15) is 0 Å². The van der Waals surface area contributed by atoms with Gasteiger partial charge in [0.2, 0.25) is 11.8 Å². The van der Waals surface area contributed by atoms with E-state index in [-0.39, 0.29) is 29.6 Å². The van der Waals surface area contributed by atoms with Gasteiger partial charge in [-0.15, -0.1) is 0 Å². The fraction of sp³-hybridized carbons (Fsp3) is 0.733. The summed E-state index contributed by atoms with van der Waals surface area (Å²) in [7, 11) is 4.01. The monoisotopic (exact) mass is 264 g/mol. The molecule has 0 aromatic rings. The number of hydrogen-bond donors (Lipinski definition) is 0. The van der Waals surface area contributed by atoms with E-state index in [2.05, 4.69) is 24.8 Å². The van der Waals surface area contributed by atoms with Crippen LogP contribution in [0.25, 0.3) is 0 Å². The van der Waals surface area contributed by atoms with Gasteiger partial charge in [-0.2, -0.15) is 0 Å². The van der Waals surface area contributed by atoms with E-state index in [1.807, 2.05) is 14.1 Å². The number of hydrogen-bond acceptors (Lipinski definition) is 3. The molecule has 1 aliphatic heterocycles. The highest BCUT2D eigenvalue weighted by molar-refractivity contribution is 6.05. The summed E-state index contributed by atoms with van der Waals surface area (Å²) in [5.41, 5.74) is 1.24. The zero-order chi connectivity index (χ0) is 14.2. The van der Waals surface area contributed by atoms with Crippen LogP contribution in [0.4, 0.5) is 0 Å². The predicted molar refractivity (Wildman–Crippen MR) is 74.4 cm³/mol. The Morgan fingerprint density at radius 3 is 2.63 bits per heavy atom. The van der Waals surface area contributed by atoms with Gasteiger partial charge in [0, 0.05) is 6.54 Å².